The van der Waals surface area contributed by atoms with Crippen molar-refractivity contribution in [3.63, 3.8) is 0 Å². The number of carbonyl (C=O) groups excluding carboxylic acids is 1. The summed E-state index contributed by atoms with van der Waals surface area (Å²) in [6.45, 7) is 0.417. The summed E-state index contributed by atoms with van der Waals surface area (Å²) in [6.07, 6.45) is 1.38. The van der Waals surface area contributed by atoms with Gasteiger partial charge in [-0.1, -0.05) is 6.07 Å². The summed E-state index contributed by atoms with van der Waals surface area (Å²) in [5.74, 6) is -0.383. The maximum atomic E-state index is 12.3. The third-order valence-corrected chi connectivity index (χ3v) is 3.89. The molecule has 0 radical (unpaired) electrons. The Morgan fingerprint density at radius 2 is 1.76 bits per heavy atom. The number of rotatable bonds is 6. The van der Waals surface area contributed by atoms with Crippen LogP contribution in [0, 0.1) is 22.7 Å². The molecule has 0 aliphatic heterocycles. The van der Waals surface area contributed by atoms with E-state index in [0.29, 0.717) is 0 Å². The van der Waals surface area contributed by atoms with Crippen molar-refractivity contribution in [1.82, 2.24) is 4.90 Å². The minimum Gasteiger partial charge on any atom is -0.337 e. The fourth-order valence-corrected chi connectivity index (χ4v) is 2.39. The van der Waals surface area contributed by atoms with E-state index in [4.69, 9.17) is 10.5 Å². The summed E-state index contributed by atoms with van der Waals surface area (Å²) in [5, 5.41) is 17.2. The van der Waals surface area contributed by atoms with Crippen molar-refractivity contribution in [2.24, 2.45) is 0 Å². The Kier molecular flexibility index (Phi) is 5.89. The lowest BCUT2D eigenvalue weighted by molar-refractivity contribution is 0.0762. The van der Waals surface area contributed by atoms with Gasteiger partial charge in [-0.3, -0.25) is 4.79 Å². The predicted octanol–water partition coefficient (Wildman–Crippen LogP) is 1.36. The SMILES string of the molecule is CS(=O)(=O)c1cccc(C(=O)N(CCC#N)CCC#N)c1. The lowest BCUT2D eigenvalue weighted by Gasteiger charge is -2.20. The van der Waals surface area contributed by atoms with Crippen molar-refractivity contribution >= 4 is 15.7 Å². The molecule has 21 heavy (non-hydrogen) atoms. The van der Waals surface area contributed by atoms with E-state index in [0.717, 1.165) is 6.26 Å². The smallest absolute Gasteiger partial charge is 0.253 e. The molecule has 0 unspecified atom stereocenters. The molecular formula is C14H15N3O3S. The third kappa shape index (κ3) is 4.90. The summed E-state index contributed by atoms with van der Waals surface area (Å²) in [6, 6.07) is 9.63. The predicted molar refractivity (Wildman–Crippen MR) is 75.9 cm³/mol. The molecule has 0 aromatic heterocycles. The van der Waals surface area contributed by atoms with Crippen LogP contribution in [0.1, 0.15) is 23.2 Å². The highest BCUT2D eigenvalue weighted by Gasteiger charge is 2.17. The van der Waals surface area contributed by atoms with Gasteiger partial charge in [0.15, 0.2) is 9.84 Å². The van der Waals surface area contributed by atoms with Gasteiger partial charge in [0, 0.05) is 24.9 Å². The van der Waals surface area contributed by atoms with E-state index in [-0.39, 0.29) is 42.3 Å². The zero-order valence-electron chi connectivity index (χ0n) is 11.6. The van der Waals surface area contributed by atoms with E-state index in [2.05, 4.69) is 0 Å². The summed E-state index contributed by atoms with van der Waals surface area (Å²) in [5.41, 5.74) is 0.230. The zero-order chi connectivity index (χ0) is 15.9. The Balaban J connectivity index is 3.03. The molecule has 1 aromatic rings. The molecule has 6 nitrogen and oxygen atoms in total. The van der Waals surface area contributed by atoms with Crippen LogP contribution in [0.3, 0.4) is 0 Å². The van der Waals surface area contributed by atoms with E-state index in [1.54, 1.807) is 0 Å². The Morgan fingerprint density at radius 3 is 2.24 bits per heavy atom. The van der Waals surface area contributed by atoms with Crippen LogP contribution in [0.5, 0.6) is 0 Å². The first-order chi connectivity index (χ1) is 9.90. The number of carbonyl (C=O) groups is 1. The molecule has 0 atom stereocenters. The fraction of sp³-hybridized carbons (Fsp3) is 0.357. The average molecular weight is 305 g/mol. The van der Waals surface area contributed by atoms with E-state index in [1.165, 1.54) is 29.2 Å². The fourth-order valence-electron chi connectivity index (χ4n) is 1.73. The van der Waals surface area contributed by atoms with Gasteiger partial charge >= 0.3 is 0 Å². The number of amides is 1. The van der Waals surface area contributed by atoms with Crippen molar-refractivity contribution in [1.29, 1.82) is 10.5 Å². The maximum absolute atomic E-state index is 12.3. The number of benzene rings is 1. The number of hydrogen-bond donors (Lipinski definition) is 0. The van der Waals surface area contributed by atoms with Gasteiger partial charge in [0.25, 0.3) is 5.91 Å². The average Bonchev–Trinajstić information content (AvgIpc) is 2.46. The number of nitrogens with zero attached hydrogens (tertiary/aromatic N) is 3. The van der Waals surface area contributed by atoms with E-state index >= 15 is 0 Å². The normalized spacial score (nSPS) is 10.4. The van der Waals surface area contributed by atoms with E-state index < -0.39 is 9.84 Å². The van der Waals surface area contributed by atoms with Gasteiger partial charge < -0.3 is 4.90 Å². The first-order valence-electron chi connectivity index (χ1n) is 6.23. The maximum Gasteiger partial charge on any atom is 0.253 e. The molecule has 0 fully saturated rings. The first-order valence-corrected chi connectivity index (χ1v) is 8.12. The molecule has 0 bridgehead atoms. The summed E-state index contributed by atoms with van der Waals surface area (Å²) in [7, 11) is -3.39. The molecule has 0 saturated carbocycles. The zero-order valence-corrected chi connectivity index (χ0v) is 12.4. The second-order valence-electron chi connectivity index (χ2n) is 4.41. The standard InChI is InChI=1S/C14H15N3O3S/c1-21(19,20)13-6-2-5-12(11-13)14(18)17(9-3-7-15)10-4-8-16/h2,5-6,11H,3-4,9-10H2,1H3. The van der Waals surface area contributed by atoms with E-state index in [1.807, 2.05) is 12.1 Å². The Bertz CT molecular complexity index is 681. The molecule has 0 heterocycles. The van der Waals surface area contributed by atoms with Crippen LogP contribution >= 0.6 is 0 Å². The van der Waals surface area contributed by atoms with Crippen LogP contribution in [-0.4, -0.2) is 38.6 Å². The van der Waals surface area contributed by atoms with E-state index in [9.17, 15) is 13.2 Å². The van der Waals surface area contributed by atoms with Gasteiger partial charge in [0.1, 0.15) is 0 Å². The van der Waals surface area contributed by atoms with Crippen LogP contribution in [0.25, 0.3) is 0 Å². The van der Waals surface area contributed by atoms with Gasteiger partial charge in [-0.25, -0.2) is 8.42 Å². The second kappa shape index (κ2) is 7.41. The molecule has 7 heteroatoms. The molecule has 1 aromatic carbocycles. The van der Waals surface area contributed by atoms with Crippen molar-refractivity contribution < 1.29 is 13.2 Å². The highest BCUT2D eigenvalue weighted by Crippen LogP contribution is 2.13. The molecular weight excluding hydrogens is 290 g/mol. The van der Waals surface area contributed by atoms with Crippen molar-refractivity contribution in [3.8, 4) is 12.1 Å². The number of sulfone groups is 1. The topological polar surface area (TPSA) is 102 Å². The quantitative estimate of drug-likeness (QED) is 0.789. The highest BCUT2D eigenvalue weighted by atomic mass is 32.2. The summed E-state index contributed by atoms with van der Waals surface area (Å²) in [4.78, 5) is 13.8. The van der Waals surface area contributed by atoms with Gasteiger partial charge in [-0.2, -0.15) is 10.5 Å². The Morgan fingerprint density at radius 1 is 1.19 bits per heavy atom. The van der Waals surface area contributed by atoms with Gasteiger partial charge in [-0.05, 0) is 18.2 Å². The van der Waals surface area contributed by atoms with Crippen LogP contribution in [0.15, 0.2) is 29.2 Å². The van der Waals surface area contributed by atoms with Crippen molar-refractivity contribution in [3.05, 3.63) is 29.8 Å². The molecule has 1 amide bonds. The molecule has 0 N–H and O–H groups in total. The van der Waals surface area contributed by atoms with Crippen molar-refractivity contribution in [2.45, 2.75) is 17.7 Å². The van der Waals surface area contributed by atoms with Gasteiger partial charge in [-0.15, -0.1) is 0 Å². The molecule has 0 aliphatic carbocycles. The highest BCUT2D eigenvalue weighted by molar-refractivity contribution is 7.90. The Labute approximate surface area is 124 Å². The Hall–Kier alpha value is -2.38. The third-order valence-electron chi connectivity index (χ3n) is 2.78. The lowest BCUT2D eigenvalue weighted by Crippen LogP contribution is -2.32. The second-order valence-corrected chi connectivity index (χ2v) is 6.42. The van der Waals surface area contributed by atoms with Crippen molar-refractivity contribution in [2.75, 3.05) is 19.3 Å². The summed E-state index contributed by atoms with van der Waals surface area (Å²) < 4.78 is 23.0. The minimum atomic E-state index is -3.39. The number of hydrogen-bond acceptors (Lipinski definition) is 5. The first kappa shape index (κ1) is 16.7. The summed E-state index contributed by atoms with van der Waals surface area (Å²) >= 11 is 0. The van der Waals surface area contributed by atoms with Crippen LogP contribution < -0.4 is 0 Å². The largest absolute Gasteiger partial charge is 0.337 e. The molecule has 1 rings (SSSR count). The van der Waals surface area contributed by atoms with Gasteiger partial charge in [0.2, 0.25) is 0 Å². The molecule has 0 saturated heterocycles. The lowest BCUT2D eigenvalue weighted by atomic mass is 10.2. The molecule has 110 valence electrons. The molecule has 0 aliphatic rings. The van der Waals surface area contributed by atoms with Crippen LogP contribution in [0.2, 0.25) is 0 Å². The van der Waals surface area contributed by atoms with Gasteiger partial charge in [0.05, 0.1) is 29.9 Å². The number of nitriles is 2. The van der Waals surface area contributed by atoms with Crippen LogP contribution in [-0.2, 0) is 9.84 Å². The minimum absolute atomic E-state index is 0.0638. The monoisotopic (exact) mass is 305 g/mol. The molecule has 0 spiro atoms. The van der Waals surface area contributed by atoms with Crippen LogP contribution in [0.4, 0.5) is 0 Å².